The van der Waals surface area contributed by atoms with Gasteiger partial charge >= 0.3 is 5.97 Å². The Hall–Kier alpha value is -1.00. The number of hydrogen-bond donors (Lipinski definition) is 2. The molecular weight excluding hydrogens is 203 g/mol. The van der Waals surface area contributed by atoms with Gasteiger partial charge in [0, 0.05) is 0 Å². The Morgan fingerprint density at radius 3 is 2.58 bits per heavy atom. The molecule has 64 valence electrons. The third-order valence-corrected chi connectivity index (χ3v) is 1.67. The summed E-state index contributed by atoms with van der Waals surface area (Å²) >= 11 is 11.0. The number of pyridine rings is 1. The number of carboxylic acid groups (broad SMARTS) is 1. The second kappa shape index (κ2) is 3.16. The van der Waals surface area contributed by atoms with Crippen LogP contribution in [0.15, 0.2) is 6.07 Å². The molecule has 0 aliphatic heterocycles. The number of aromatic nitrogens is 1. The van der Waals surface area contributed by atoms with Gasteiger partial charge in [0.1, 0.15) is 16.5 Å². The fourth-order valence-corrected chi connectivity index (χ4v) is 1.25. The number of halogens is 2. The number of rotatable bonds is 1. The molecule has 0 saturated heterocycles. The Morgan fingerprint density at radius 1 is 1.58 bits per heavy atom. The van der Waals surface area contributed by atoms with E-state index in [1.165, 1.54) is 6.07 Å². The average Bonchev–Trinajstić information content (AvgIpc) is 1.82. The lowest BCUT2D eigenvalue weighted by Gasteiger charge is -2.01. The summed E-state index contributed by atoms with van der Waals surface area (Å²) in [6.07, 6.45) is 0. The predicted molar refractivity (Wildman–Crippen MR) is 45.6 cm³/mol. The molecule has 6 heteroatoms. The molecule has 0 radical (unpaired) electrons. The summed E-state index contributed by atoms with van der Waals surface area (Å²) in [5.74, 6) is -1.40. The van der Waals surface area contributed by atoms with Crippen molar-refractivity contribution in [3.8, 4) is 0 Å². The van der Waals surface area contributed by atoms with E-state index < -0.39 is 5.97 Å². The molecule has 4 nitrogen and oxygen atoms in total. The fraction of sp³-hybridized carbons (Fsp3) is 0. The Kier molecular flexibility index (Phi) is 2.40. The van der Waals surface area contributed by atoms with Gasteiger partial charge in [-0.05, 0) is 6.07 Å². The summed E-state index contributed by atoms with van der Waals surface area (Å²) in [6, 6.07) is 1.23. The minimum Gasteiger partial charge on any atom is -0.478 e. The molecule has 0 bridgehead atoms. The summed E-state index contributed by atoms with van der Waals surface area (Å²) < 4.78 is 0. The maximum absolute atomic E-state index is 10.5. The van der Waals surface area contributed by atoms with Gasteiger partial charge in [0.2, 0.25) is 0 Å². The molecule has 0 atom stereocenters. The Balaban J connectivity index is 3.38. The first-order chi connectivity index (χ1) is 5.52. The van der Waals surface area contributed by atoms with Crippen molar-refractivity contribution >= 4 is 35.0 Å². The van der Waals surface area contributed by atoms with E-state index in [1.54, 1.807) is 0 Å². The molecule has 1 aromatic rings. The van der Waals surface area contributed by atoms with Crippen molar-refractivity contribution in [1.82, 2.24) is 4.98 Å². The van der Waals surface area contributed by atoms with Gasteiger partial charge < -0.3 is 10.8 Å². The van der Waals surface area contributed by atoms with Crippen molar-refractivity contribution in [1.29, 1.82) is 0 Å². The minimum atomic E-state index is -1.22. The second-order valence-electron chi connectivity index (χ2n) is 1.99. The number of carbonyl (C=O) groups is 1. The van der Waals surface area contributed by atoms with Crippen LogP contribution in [0, 0.1) is 0 Å². The largest absolute Gasteiger partial charge is 0.478 e. The molecule has 0 amide bonds. The fourth-order valence-electron chi connectivity index (χ4n) is 0.714. The maximum Gasteiger partial charge on any atom is 0.341 e. The van der Waals surface area contributed by atoms with Gasteiger partial charge in [-0.2, -0.15) is 0 Å². The zero-order chi connectivity index (χ0) is 9.30. The number of aromatic carboxylic acids is 1. The van der Waals surface area contributed by atoms with E-state index in [9.17, 15) is 4.79 Å². The molecule has 0 aromatic carbocycles. The van der Waals surface area contributed by atoms with Crippen LogP contribution in [0.5, 0.6) is 0 Å². The lowest BCUT2D eigenvalue weighted by molar-refractivity contribution is 0.0698. The van der Waals surface area contributed by atoms with Crippen LogP contribution >= 0.6 is 23.2 Å². The van der Waals surface area contributed by atoms with Gasteiger partial charge in [-0.15, -0.1) is 0 Å². The zero-order valence-corrected chi connectivity index (χ0v) is 7.23. The molecule has 0 unspecified atom stereocenters. The van der Waals surface area contributed by atoms with E-state index in [1.807, 2.05) is 0 Å². The highest BCUT2D eigenvalue weighted by atomic mass is 35.5. The SMILES string of the molecule is Nc1nc(Cl)cc(Cl)c1C(=O)O. The summed E-state index contributed by atoms with van der Waals surface area (Å²) in [5.41, 5.74) is 5.04. The first-order valence-corrected chi connectivity index (χ1v) is 3.62. The average molecular weight is 207 g/mol. The normalized spacial score (nSPS) is 9.83. The second-order valence-corrected chi connectivity index (χ2v) is 2.79. The van der Waals surface area contributed by atoms with E-state index in [0.29, 0.717) is 0 Å². The topological polar surface area (TPSA) is 76.2 Å². The molecule has 3 N–H and O–H groups in total. The molecule has 1 rings (SSSR count). The molecule has 12 heavy (non-hydrogen) atoms. The van der Waals surface area contributed by atoms with Crippen LogP contribution in [-0.2, 0) is 0 Å². The highest BCUT2D eigenvalue weighted by Crippen LogP contribution is 2.23. The highest BCUT2D eigenvalue weighted by Gasteiger charge is 2.14. The molecule has 0 fully saturated rings. The first kappa shape index (κ1) is 9.09. The van der Waals surface area contributed by atoms with Crippen molar-refractivity contribution in [2.24, 2.45) is 0 Å². The number of nitrogen functional groups attached to an aromatic ring is 1. The third kappa shape index (κ3) is 1.60. The predicted octanol–water partition coefficient (Wildman–Crippen LogP) is 1.67. The van der Waals surface area contributed by atoms with E-state index in [4.69, 9.17) is 34.0 Å². The Bertz CT molecular complexity index is 317. The van der Waals surface area contributed by atoms with E-state index in [-0.39, 0.29) is 21.6 Å². The number of nitrogens with zero attached hydrogens (tertiary/aromatic N) is 1. The third-order valence-electron chi connectivity index (χ3n) is 1.18. The molecule has 0 spiro atoms. The molecule has 0 aliphatic rings. The standard InChI is InChI=1S/C6H4Cl2N2O2/c7-2-1-3(8)10-5(9)4(2)6(11)12/h1H,(H2,9,10)(H,11,12). The molecule has 1 heterocycles. The quantitative estimate of drug-likeness (QED) is 0.686. The van der Waals surface area contributed by atoms with Gasteiger partial charge in [0.05, 0.1) is 5.02 Å². The van der Waals surface area contributed by atoms with Crippen LogP contribution in [0.4, 0.5) is 5.82 Å². The Morgan fingerprint density at radius 2 is 2.17 bits per heavy atom. The minimum absolute atomic E-state index is 0.0139. The van der Waals surface area contributed by atoms with Gasteiger partial charge in [-0.25, -0.2) is 9.78 Å². The monoisotopic (exact) mass is 206 g/mol. The van der Waals surface area contributed by atoms with E-state index in [2.05, 4.69) is 4.98 Å². The van der Waals surface area contributed by atoms with Crippen molar-refractivity contribution < 1.29 is 9.90 Å². The summed E-state index contributed by atoms with van der Waals surface area (Å²) in [5, 5.41) is 8.65. The van der Waals surface area contributed by atoms with Crippen LogP contribution in [0.1, 0.15) is 10.4 Å². The van der Waals surface area contributed by atoms with Crippen molar-refractivity contribution in [3.05, 3.63) is 21.8 Å². The number of carboxylic acids is 1. The lowest BCUT2D eigenvalue weighted by Crippen LogP contribution is -2.05. The number of hydrogen-bond acceptors (Lipinski definition) is 3. The van der Waals surface area contributed by atoms with Gasteiger partial charge in [-0.1, -0.05) is 23.2 Å². The zero-order valence-electron chi connectivity index (χ0n) is 5.71. The number of nitrogens with two attached hydrogens (primary N) is 1. The molecule has 0 saturated carbocycles. The van der Waals surface area contributed by atoms with Crippen LogP contribution in [0.2, 0.25) is 10.2 Å². The molecule has 0 aliphatic carbocycles. The summed E-state index contributed by atoms with van der Waals surface area (Å²) in [6.45, 7) is 0. The van der Waals surface area contributed by atoms with Crippen LogP contribution in [-0.4, -0.2) is 16.1 Å². The van der Waals surface area contributed by atoms with Crippen LogP contribution in [0.25, 0.3) is 0 Å². The summed E-state index contributed by atoms with van der Waals surface area (Å²) in [4.78, 5) is 14.0. The highest BCUT2D eigenvalue weighted by molar-refractivity contribution is 6.36. The van der Waals surface area contributed by atoms with Crippen molar-refractivity contribution in [2.45, 2.75) is 0 Å². The van der Waals surface area contributed by atoms with E-state index in [0.717, 1.165) is 0 Å². The van der Waals surface area contributed by atoms with E-state index >= 15 is 0 Å². The van der Waals surface area contributed by atoms with Crippen LogP contribution in [0.3, 0.4) is 0 Å². The number of anilines is 1. The maximum atomic E-state index is 10.5. The van der Waals surface area contributed by atoms with Crippen LogP contribution < -0.4 is 5.73 Å². The van der Waals surface area contributed by atoms with Gasteiger partial charge in [0.25, 0.3) is 0 Å². The van der Waals surface area contributed by atoms with Gasteiger partial charge in [-0.3, -0.25) is 0 Å². The van der Waals surface area contributed by atoms with Crippen molar-refractivity contribution in [3.63, 3.8) is 0 Å². The van der Waals surface area contributed by atoms with Gasteiger partial charge in [0.15, 0.2) is 0 Å². The summed E-state index contributed by atoms with van der Waals surface area (Å²) in [7, 11) is 0. The van der Waals surface area contributed by atoms with Crippen molar-refractivity contribution in [2.75, 3.05) is 5.73 Å². The molecular formula is C6H4Cl2N2O2. The molecule has 1 aromatic heterocycles. The Labute approximate surface area is 77.9 Å². The smallest absolute Gasteiger partial charge is 0.341 e. The first-order valence-electron chi connectivity index (χ1n) is 2.87. The lowest BCUT2D eigenvalue weighted by atomic mass is 10.2.